The second-order valence-corrected chi connectivity index (χ2v) is 4.52. The molecule has 0 heterocycles. The summed E-state index contributed by atoms with van der Waals surface area (Å²) in [6, 6.07) is 11.6. The molecule has 0 fully saturated rings. The second kappa shape index (κ2) is 6.16. The molecule has 0 aromatic heterocycles. The van der Waals surface area contributed by atoms with Gasteiger partial charge in [-0.1, -0.05) is 17.7 Å². The largest absolute Gasteiger partial charge is 0.269 e. The Balaban J connectivity index is 2.47. The van der Waals surface area contributed by atoms with Gasteiger partial charge in [-0.15, -0.1) is 0 Å². The van der Waals surface area contributed by atoms with Crippen LogP contribution in [0.15, 0.2) is 42.5 Å². The average molecular weight is 303 g/mol. The van der Waals surface area contributed by atoms with Crippen molar-refractivity contribution in [1.29, 1.82) is 5.26 Å². The fraction of sp³-hybridized carbons (Fsp3) is 0. The van der Waals surface area contributed by atoms with Gasteiger partial charge in [0.1, 0.15) is 5.82 Å². The molecule has 0 atom stereocenters. The normalized spacial score (nSPS) is 11.0. The zero-order valence-electron chi connectivity index (χ0n) is 10.6. The van der Waals surface area contributed by atoms with Crippen LogP contribution in [0.5, 0.6) is 0 Å². The Kier molecular flexibility index (Phi) is 4.31. The number of allylic oxidation sites excluding steroid dienone is 1. The number of hydrogen-bond donors (Lipinski definition) is 0. The smallest absolute Gasteiger partial charge is 0.258 e. The summed E-state index contributed by atoms with van der Waals surface area (Å²) >= 11 is 5.90. The molecule has 0 spiro atoms. The van der Waals surface area contributed by atoms with E-state index in [1.165, 1.54) is 48.5 Å². The number of hydrogen-bond acceptors (Lipinski definition) is 3. The summed E-state index contributed by atoms with van der Waals surface area (Å²) in [5.74, 6) is -0.544. The van der Waals surface area contributed by atoms with E-state index in [2.05, 4.69) is 0 Å². The highest BCUT2D eigenvalue weighted by molar-refractivity contribution is 6.32. The Morgan fingerprint density at radius 1 is 1.29 bits per heavy atom. The molecule has 0 aliphatic rings. The molecule has 0 unspecified atom stereocenters. The number of nitro groups is 1. The quantitative estimate of drug-likeness (QED) is 0.364. The van der Waals surface area contributed by atoms with E-state index in [9.17, 15) is 19.8 Å². The lowest BCUT2D eigenvalue weighted by Gasteiger charge is -2.03. The molecule has 0 bridgehead atoms. The van der Waals surface area contributed by atoms with Crippen LogP contribution in [-0.2, 0) is 0 Å². The highest BCUT2D eigenvalue weighted by Crippen LogP contribution is 2.26. The van der Waals surface area contributed by atoms with Gasteiger partial charge in [0.2, 0.25) is 0 Å². The predicted molar refractivity (Wildman–Crippen MR) is 78.0 cm³/mol. The molecule has 104 valence electrons. The van der Waals surface area contributed by atoms with E-state index in [-0.39, 0.29) is 21.8 Å². The Hall–Kier alpha value is -2.71. The Labute approximate surface area is 124 Å². The van der Waals surface area contributed by atoms with Gasteiger partial charge in [0, 0.05) is 17.7 Å². The van der Waals surface area contributed by atoms with E-state index < -0.39 is 10.7 Å². The fourth-order valence-electron chi connectivity index (χ4n) is 1.74. The highest BCUT2D eigenvalue weighted by atomic mass is 35.5. The summed E-state index contributed by atoms with van der Waals surface area (Å²) in [4.78, 5) is 10.1. The Morgan fingerprint density at radius 2 is 1.95 bits per heavy atom. The molecule has 2 aromatic rings. The van der Waals surface area contributed by atoms with Crippen molar-refractivity contribution in [2.75, 3.05) is 0 Å². The van der Waals surface area contributed by atoms with Crippen LogP contribution in [0.4, 0.5) is 10.1 Å². The van der Waals surface area contributed by atoms with Crippen LogP contribution >= 0.6 is 11.6 Å². The summed E-state index contributed by atoms with van der Waals surface area (Å²) < 4.78 is 13.7. The molecule has 0 aliphatic carbocycles. The topological polar surface area (TPSA) is 66.9 Å². The zero-order valence-corrected chi connectivity index (χ0v) is 11.3. The first kappa shape index (κ1) is 14.7. The van der Waals surface area contributed by atoms with Gasteiger partial charge < -0.3 is 0 Å². The minimum Gasteiger partial charge on any atom is -0.258 e. The van der Waals surface area contributed by atoms with Crippen LogP contribution in [0, 0.1) is 27.3 Å². The predicted octanol–water partition coefficient (Wildman–Crippen LogP) is 4.45. The maximum absolute atomic E-state index is 13.7. The third kappa shape index (κ3) is 3.25. The van der Waals surface area contributed by atoms with Gasteiger partial charge in [-0.3, -0.25) is 10.1 Å². The molecule has 0 saturated carbocycles. The van der Waals surface area contributed by atoms with Crippen molar-refractivity contribution < 1.29 is 9.31 Å². The number of halogens is 2. The maximum Gasteiger partial charge on any atom is 0.269 e. The van der Waals surface area contributed by atoms with E-state index in [0.29, 0.717) is 5.56 Å². The molecule has 0 saturated heterocycles. The number of nitriles is 1. The van der Waals surface area contributed by atoms with Crippen LogP contribution in [-0.4, -0.2) is 4.92 Å². The van der Waals surface area contributed by atoms with Crippen molar-refractivity contribution >= 4 is 28.9 Å². The summed E-state index contributed by atoms with van der Waals surface area (Å²) in [6.07, 6.45) is 1.32. The molecule has 0 N–H and O–H groups in total. The monoisotopic (exact) mass is 302 g/mol. The Bertz CT molecular complexity index is 744. The van der Waals surface area contributed by atoms with E-state index in [0.717, 1.165) is 0 Å². The van der Waals surface area contributed by atoms with Crippen molar-refractivity contribution in [2.45, 2.75) is 0 Å². The summed E-state index contributed by atoms with van der Waals surface area (Å²) in [7, 11) is 0. The van der Waals surface area contributed by atoms with Gasteiger partial charge in [-0.25, -0.2) is 4.39 Å². The van der Waals surface area contributed by atoms with Crippen molar-refractivity contribution in [3.8, 4) is 6.07 Å². The first-order valence-electron chi connectivity index (χ1n) is 5.83. The number of nitro benzene ring substituents is 1. The van der Waals surface area contributed by atoms with Crippen LogP contribution in [0.3, 0.4) is 0 Å². The van der Waals surface area contributed by atoms with Crippen LogP contribution in [0.1, 0.15) is 11.1 Å². The third-order valence-corrected chi connectivity index (χ3v) is 3.13. The summed E-state index contributed by atoms with van der Waals surface area (Å²) in [5, 5.41) is 20.0. The lowest BCUT2D eigenvalue weighted by molar-refractivity contribution is -0.384. The van der Waals surface area contributed by atoms with Crippen LogP contribution in [0.25, 0.3) is 11.6 Å². The third-order valence-electron chi connectivity index (χ3n) is 2.80. The number of nitrogens with zero attached hydrogens (tertiary/aromatic N) is 2. The lowest BCUT2D eigenvalue weighted by Crippen LogP contribution is -1.89. The van der Waals surface area contributed by atoms with Gasteiger partial charge in [0.05, 0.1) is 21.6 Å². The SMILES string of the molecule is N#CC(=Cc1c(F)cccc1Cl)c1ccc([N+](=O)[O-])cc1. The summed E-state index contributed by atoms with van der Waals surface area (Å²) in [5.41, 5.74) is 0.633. The van der Waals surface area contributed by atoms with E-state index in [1.54, 1.807) is 0 Å². The average Bonchev–Trinajstić information content (AvgIpc) is 2.47. The molecule has 4 nitrogen and oxygen atoms in total. The number of benzene rings is 2. The number of rotatable bonds is 3. The summed E-state index contributed by atoms with van der Waals surface area (Å²) in [6.45, 7) is 0. The van der Waals surface area contributed by atoms with Gasteiger partial charge in [-0.2, -0.15) is 5.26 Å². The van der Waals surface area contributed by atoms with E-state index >= 15 is 0 Å². The number of non-ortho nitro benzene ring substituents is 1. The Morgan fingerprint density at radius 3 is 2.48 bits per heavy atom. The molecule has 0 radical (unpaired) electrons. The molecule has 0 aliphatic heterocycles. The van der Waals surface area contributed by atoms with Gasteiger partial charge >= 0.3 is 0 Å². The van der Waals surface area contributed by atoms with Crippen molar-refractivity contribution in [2.24, 2.45) is 0 Å². The molecule has 0 amide bonds. The van der Waals surface area contributed by atoms with Gasteiger partial charge in [-0.05, 0) is 35.9 Å². The van der Waals surface area contributed by atoms with E-state index in [1.807, 2.05) is 6.07 Å². The zero-order chi connectivity index (χ0) is 15.4. The fourth-order valence-corrected chi connectivity index (χ4v) is 1.95. The molecule has 21 heavy (non-hydrogen) atoms. The molecule has 6 heteroatoms. The molecule has 2 rings (SSSR count). The van der Waals surface area contributed by atoms with Crippen LogP contribution < -0.4 is 0 Å². The highest BCUT2D eigenvalue weighted by Gasteiger charge is 2.09. The standard InChI is InChI=1S/C15H8ClFN2O2/c16-14-2-1-3-15(17)13(14)8-11(9-18)10-4-6-12(7-5-10)19(20)21/h1-8H. The van der Waals surface area contributed by atoms with Crippen molar-refractivity contribution in [1.82, 2.24) is 0 Å². The van der Waals surface area contributed by atoms with Gasteiger partial charge in [0.15, 0.2) is 0 Å². The van der Waals surface area contributed by atoms with Crippen molar-refractivity contribution in [3.63, 3.8) is 0 Å². The molecular formula is C15H8ClFN2O2. The minimum atomic E-state index is -0.544. The minimum absolute atomic E-state index is 0.0834. The van der Waals surface area contributed by atoms with Crippen molar-refractivity contribution in [3.05, 3.63) is 74.5 Å². The first-order valence-corrected chi connectivity index (χ1v) is 6.21. The lowest BCUT2D eigenvalue weighted by atomic mass is 10.0. The van der Waals surface area contributed by atoms with E-state index in [4.69, 9.17) is 11.6 Å². The van der Waals surface area contributed by atoms with Gasteiger partial charge in [0.25, 0.3) is 5.69 Å². The van der Waals surface area contributed by atoms with Crippen LogP contribution in [0.2, 0.25) is 5.02 Å². The first-order chi connectivity index (χ1) is 10.0. The molecule has 2 aromatic carbocycles. The second-order valence-electron chi connectivity index (χ2n) is 4.11. The molecular weight excluding hydrogens is 295 g/mol. The maximum atomic E-state index is 13.7.